The minimum Gasteiger partial charge on any atom is -0.388 e. The summed E-state index contributed by atoms with van der Waals surface area (Å²) in [6.45, 7) is 5.48. The zero-order valence-electron chi connectivity index (χ0n) is 8.66. The maximum Gasteiger partial charge on any atom is 0.157 e. The summed E-state index contributed by atoms with van der Waals surface area (Å²) in [5.41, 5.74) is -0.848. The van der Waals surface area contributed by atoms with E-state index in [0.717, 1.165) is 19.3 Å². The lowest BCUT2D eigenvalue weighted by Crippen LogP contribution is -2.46. The van der Waals surface area contributed by atoms with E-state index in [2.05, 4.69) is 0 Å². The molecule has 1 aliphatic heterocycles. The van der Waals surface area contributed by atoms with Crippen molar-refractivity contribution in [2.45, 2.75) is 58.0 Å². The van der Waals surface area contributed by atoms with Crippen LogP contribution in [0.3, 0.4) is 0 Å². The van der Waals surface area contributed by atoms with Crippen molar-refractivity contribution in [2.24, 2.45) is 5.92 Å². The molecule has 3 unspecified atom stereocenters. The number of aliphatic hydroxyl groups is 2. The van der Waals surface area contributed by atoms with Gasteiger partial charge in [-0.15, -0.1) is 0 Å². The standard InChI is InChI=1S/C10H20O3/c1-4-7-5-6-8(10(2,3)12)13-9(7)11/h7-9,11-12H,4-6H2,1-3H3. The lowest BCUT2D eigenvalue weighted by atomic mass is 9.88. The minimum absolute atomic E-state index is 0.231. The van der Waals surface area contributed by atoms with Crippen molar-refractivity contribution in [2.75, 3.05) is 0 Å². The van der Waals surface area contributed by atoms with Crippen LogP contribution in [-0.4, -0.2) is 28.2 Å². The van der Waals surface area contributed by atoms with Crippen LogP contribution in [0.4, 0.5) is 0 Å². The molecule has 1 fully saturated rings. The van der Waals surface area contributed by atoms with Gasteiger partial charge in [-0.2, -0.15) is 0 Å². The highest BCUT2D eigenvalue weighted by atomic mass is 16.6. The second-order valence-electron chi connectivity index (χ2n) is 4.41. The Balaban J connectivity index is 2.51. The molecule has 1 saturated heterocycles. The summed E-state index contributed by atoms with van der Waals surface area (Å²) < 4.78 is 5.36. The van der Waals surface area contributed by atoms with E-state index in [1.807, 2.05) is 6.92 Å². The summed E-state index contributed by atoms with van der Waals surface area (Å²) in [6, 6.07) is 0. The highest BCUT2D eigenvalue weighted by molar-refractivity contribution is 4.83. The van der Waals surface area contributed by atoms with Crippen LogP contribution in [0, 0.1) is 5.92 Å². The predicted molar refractivity (Wildman–Crippen MR) is 50.2 cm³/mol. The minimum atomic E-state index is -0.848. The van der Waals surface area contributed by atoms with Gasteiger partial charge in [0, 0.05) is 5.92 Å². The summed E-state index contributed by atoms with van der Waals surface area (Å²) in [7, 11) is 0. The van der Waals surface area contributed by atoms with Crippen LogP contribution in [0.1, 0.15) is 40.0 Å². The number of hydrogen-bond acceptors (Lipinski definition) is 3. The Labute approximate surface area is 79.7 Å². The van der Waals surface area contributed by atoms with Gasteiger partial charge in [0.05, 0.1) is 11.7 Å². The normalized spacial score (nSPS) is 36.2. The first-order chi connectivity index (χ1) is 5.95. The van der Waals surface area contributed by atoms with Gasteiger partial charge in [-0.05, 0) is 33.1 Å². The monoisotopic (exact) mass is 188 g/mol. The third-order valence-electron chi connectivity index (χ3n) is 2.82. The molecule has 3 atom stereocenters. The van der Waals surface area contributed by atoms with Gasteiger partial charge < -0.3 is 14.9 Å². The molecule has 3 nitrogen and oxygen atoms in total. The third kappa shape index (κ3) is 2.66. The van der Waals surface area contributed by atoms with Gasteiger partial charge in [-0.3, -0.25) is 0 Å². The first-order valence-corrected chi connectivity index (χ1v) is 5.01. The maximum atomic E-state index is 9.68. The SMILES string of the molecule is CCC1CCC(C(C)(C)O)OC1O. The van der Waals surface area contributed by atoms with Crippen molar-refractivity contribution in [3.8, 4) is 0 Å². The Morgan fingerprint density at radius 2 is 2.00 bits per heavy atom. The molecule has 0 amide bonds. The molecular weight excluding hydrogens is 168 g/mol. The van der Waals surface area contributed by atoms with Gasteiger partial charge in [0.1, 0.15) is 0 Å². The molecule has 0 aromatic rings. The molecule has 1 heterocycles. The summed E-state index contributed by atoms with van der Waals surface area (Å²) in [6.07, 6.45) is 1.77. The Morgan fingerprint density at radius 1 is 1.38 bits per heavy atom. The van der Waals surface area contributed by atoms with Crippen LogP contribution in [0.25, 0.3) is 0 Å². The smallest absolute Gasteiger partial charge is 0.157 e. The van der Waals surface area contributed by atoms with Crippen LogP contribution in [0.15, 0.2) is 0 Å². The number of rotatable bonds is 2. The zero-order chi connectivity index (χ0) is 10.1. The third-order valence-corrected chi connectivity index (χ3v) is 2.82. The van der Waals surface area contributed by atoms with E-state index in [1.165, 1.54) is 0 Å². The molecule has 13 heavy (non-hydrogen) atoms. The Hall–Kier alpha value is -0.120. The fourth-order valence-corrected chi connectivity index (χ4v) is 1.78. The predicted octanol–water partition coefficient (Wildman–Crippen LogP) is 1.28. The molecule has 0 aromatic heterocycles. The van der Waals surface area contributed by atoms with Crippen LogP contribution < -0.4 is 0 Å². The fourth-order valence-electron chi connectivity index (χ4n) is 1.78. The van der Waals surface area contributed by atoms with Crippen LogP contribution in [0.5, 0.6) is 0 Å². The van der Waals surface area contributed by atoms with Crippen LogP contribution in [-0.2, 0) is 4.74 Å². The molecule has 0 spiro atoms. The fraction of sp³-hybridized carbons (Fsp3) is 1.00. The molecule has 0 aromatic carbocycles. The van der Waals surface area contributed by atoms with Gasteiger partial charge in [0.15, 0.2) is 6.29 Å². The molecule has 1 aliphatic rings. The van der Waals surface area contributed by atoms with E-state index in [-0.39, 0.29) is 12.0 Å². The maximum absolute atomic E-state index is 9.68. The molecule has 1 rings (SSSR count). The average molecular weight is 188 g/mol. The van der Waals surface area contributed by atoms with E-state index in [1.54, 1.807) is 13.8 Å². The second kappa shape index (κ2) is 3.95. The van der Waals surface area contributed by atoms with Crippen molar-refractivity contribution < 1.29 is 14.9 Å². The number of hydrogen-bond donors (Lipinski definition) is 2. The topological polar surface area (TPSA) is 49.7 Å². The second-order valence-corrected chi connectivity index (χ2v) is 4.41. The Morgan fingerprint density at radius 3 is 2.38 bits per heavy atom. The molecule has 3 heteroatoms. The van der Waals surface area contributed by atoms with E-state index >= 15 is 0 Å². The molecular formula is C10H20O3. The van der Waals surface area contributed by atoms with Crippen molar-refractivity contribution in [1.82, 2.24) is 0 Å². The lowest BCUT2D eigenvalue weighted by Gasteiger charge is -2.38. The lowest BCUT2D eigenvalue weighted by molar-refractivity contribution is -0.233. The Bertz CT molecular complexity index is 162. The number of ether oxygens (including phenoxy) is 1. The first kappa shape index (κ1) is 11.0. The molecule has 0 saturated carbocycles. The highest BCUT2D eigenvalue weighted by Gasteiger charge is 2.36. The highest BCUT2D eigenvalue weighted by Crippen LogP contribution is 2.30. The van der Waals surface area contributed by atoms with E-state index in [4.69, 9.17) is 4.74 Å². The van der Waals surface area contributed by atoms with Crippen molar-refractivity contribution >= 4 is 0 Å². The molecule has 2 N–H and O–H groups in total. The van der Waals surface area contributed by atoms with Crippen molar-refractivity contribution in [1.29, 1.82) is 0 Å². The summed E-state index contributed by atoms with van der Waals surface area (Å²) in [5, 5.41) is 19.3. The summed E-state index contributed by atoms with van der Waals surface area (Å²) in [4.78, 5) is 0. The van der Waals surface area contributed by atoms with Gasteiger partial charge in [0.25, 0.3) is 0 Å². The van der Waals surface area contributed by atoms with Crippen LogP contribution >= 0.6 is 0 Å². The first-order valence-electron chi connectivity index (χ1n) is 5.01. The van der Waals surface area contributed by atoms with E-state index < -0.39 is 11.9 Å². The molecule has 0 aliphatic carbocycles. The van der Waals surface area contributed by atoms with Crippen molar-refractivity contribution in [3.63, 3.8) is 0 Å². The van der Waals surface area contributed by atoms with Gasteiger partial charge in [-0.25, -0.2) is 0 Å². The molecule has 0 bridgehead atoms. The summed E-state index contributed by atoms with van der Waals surface area (Å²) in [5.74, 6) is 0.235. The average Bonchev–Trinajstić information content (AvgIpc) is 2.02. The summed E-state index contributed by atoms with van der Waals surface area (Å²) >= 11 is 0. The number of aliphatic hydroxyl groups excluding tert-OH is 1. The van der Waals surface area contributed by atoms with Gasteiger partial charge >= 0.3 is 0 Å². The van der Waals surface area contributed by atoms with Gasteiger partial charge in [-0.1, -0.05) is 6.92 Å². The Kier molecular flexibility index (Phi) is 3.33. The molecule has 0 radical (unpaired) electrons. The van der Waals surface area contributed by atoms with Gasteiger partial charge in [0.2, 0.25) is 0 Å². The van der Waals surface area contributed by atoms with E-state index in [9.17, 15) is 10.2 Å². The van der Waals surface area contributed by atoms with Crippen LogP contribution in [0.2, 0.25) is 0 Å². The van der Waals surface area contributed by atoms with E-state index in [0.29, 0.717) is 0 Å². The van der Waals surface area contributed by atoms with Crippen molar-refractivity contribution in [3.05, 3.63) is 0 Å². The molecule has 78 valence electrons. The largest absolute Gasteiger partial charge is 0.388 e. The zero-order valence-corrected chi connectivity index (χ0v) is 8.66. The quantitative estimate of drug-likeness (QED) is 0.686.